The van der Waals surface area contributed by atoms with Crippen LogP contribution in [0.1, 0.15) is 33.6 Å². The Balaban J connectivity index is 2.29. The minimum absolute atomic E-state index is 0.589. The van der Waals surface area contributed by atoms with Crippen LogP contribution in [0.15, 0.2) is 24.3 Å². The van der Waals surface area contributed by atoms with Gasteiger partial charge >= 0.3 is 0 Å². The van der Waals surface area contributed by atoms with Gasteiger partial charge in [-0.2, -0.15) is 0 Å². The number of hydrogen-bond acceptors (Lipinski definition) is 3. The molecular formula is C15H26N2O. The standard InChI is InChI=1S/C15H26N2O/c1-4-11-18-15-8-6-7-14(12-15)17-10-9-16-13(3)5-2/h6-8,12-13,16-17H,4-5,9-11H2,1-3H3. The lowest BCUT2D eigenvalue weighted by molar-refractivity contribution is 0.317. The topological polar surface area (TPSA) is 33.3 Å². The average Bonchev–Trinajstić information content (AvgIpc) is 2.41. The molecule has 0 heterocycles. The SMILES string of the molecule is CCCOc1cccc(NCCNC(C)CC)c1. The molecule has 3 nitrogen and oxygen atoms in total. The third kappa shape index (κ3) is 5.92. The smallest absolute Gasteiger partial charge is 0.121 e. The van der Waals surface area contributed by atoms with Crippen LogP contribution in [-0.4, -0.2) is 25.7 Å². The lowest BCUT2D eigenvalue weighted by atomic mass is 10.2. The van der Waals surface area contributed by atoms with Gasteiger partial charge in [0.1, 0.15) is 5.75 Å². The van der Waals surface area contributed by atoms with Crippen molar-refractivity contribution >= 4 is 5.69 Å². The summed E-state index contributed by atoms with van der Waals surface area (Å²) in [6, 6.07) is 8.74. The largest absolute Gasteiger partial charge is 0.494 e. The van der Waals surface area contributed by atoms with Crippen molar-refractivity contribution in [1.82, 2.24) is 5.32 Å². The van der Waals surface area contributed by atoms with Crippen molar-refractivity contribution in [3.8, 4) is 5.75 Å². The zero-order valence-electron chi connectivity index (χ0n) is 11.8. The second-order valence-electron chi connectivity index (χ2n) is 4.57. The van der Waals surface area contributed by atoms with Gasteiger partial charge in [-0.15, -0.1) is 0 Å². The Morgan fingerprint density at radius 2 is 2.06 bits per heavy atom. The maximum Gasteiger partial charge on any atom is 0.121 e. The molecule has 0 aliphatic carbocycles. The van der Waals surface area contributed by atoms with E-state index in [9.17, 15) is 0 Å². The zero-order valence-corrected chi connectivity index (χ0v) is 11.8. The van der Waals surface area contributed by atoms with Crippen molar-refractivity contribution in [2.24, 2.45) is 0 Å². The Labute approximate surface area is 111 Å². The van der Waals surface area contributed by atoms with Gasteiger partial charge in [0.25, 0.3) is 0 Å². The monoisotopic (exact) mass is 250 g/mol. The van der Waals surface area contributed by atoms with Crippen molar-refractivity contribution in [1.29, 1.82) is 0 Å². The van der Waals surface area contributed by atoms with E-state index in [1.807, 2.05) is 12.1 Å². The summed E-state index contributed by atoms with van der Waals surface area (Å²) >= 11 is 0. The third-order valence-electron chi connectivity index (χ3n) is 2.87. The van der Waals surface area contributed by atoms with Crippen LogP contribution in [0.25, 0.3) is 0 Å². The van der Waals surface area contributed by atoms with E-state index in [2.05, 4.69) is 43.5 Å². The van der Waals surface area contributed by atoms with Crippen LogP contribution >= 0.6 is 0 Å². The summed E-state index contributed by atoms with van der Waals surface area (Å²) in [5, 5.41) is 6.86. The van der Waals surface area contributed by atoms with Crippen molar-refractivity contribution < 1.29 is 4.74 Å². The summed E-state index contributed by atoms with van der Waals surface area (Å²) in [4.78, 5) is 0. The molecule has 1 aromatic rings. The van der Waals surface area contributed by atoms with Gasteiger partial charge in [-0.3, -0.25) is 0 Å². The Kier molecular flexibility index (Phi) is 7.26. The lowest BCUT2D eigenvalue weighted by Gasteiger charge is -2.13. The van der Waals surface area contributed by atoms with E-state index in [-0.39, 0.29) is 0 Å². The first-order chi connectivity index (χ1) is 8.76. The van der Waals surface area contributed by atoms with Gasteiger partial charge in [-0.25, -0.2) is 0 Å². The van der Waals surface area contributed by atoms with E-state index < -0.39 is 0 Å². The molecule has 0 aromatic heterocycles. The highest BCUT2D eigenvalue weighted by atomic mass is 16.5. The van der Waals surface area contributed by atoms with Crippen LogP contribution in [0.3, 0.4) is 0 Å². The minimum atomic E-state index is 0.589. The Morgan fingerprint density at radius 1 is 1.22 bits per heavy atom. The van der Waals surface area contributed by atoms with Gasteiger partial charge in [-0.05, 0) is 31.9 Å². The number of nitrogens with one attached hydrogen (secondary N) is 2. The molecule has 1 atom stereocenters. The maximum atomic E-state index is 5.60. The van der Waals surface area contributed by atoms with E-state index in [4.69, 9.17) is 4.74 Å². The summed E-state index contributed by atoms with van der Waals surface area (Å²) < 4.78 is 5.60. The fourth-order valence-electron chi connectivity index (χ4n) is 1.59. The van der Waals surface area contributed by atoms with Crippen LogP contribution in [0.4, 0.5) is 5.69 Å². The summed E-state index contributed by atoms with van der Waals surface area (Å²) in [6.45, 7) is 9.21. The fraction of sp³-hybridized carbons (Fsp3) is 0.600. The van der Waals surface area contributed by atoms with E-state index >= 15 is 0 Å². The molecule has 102 valence electrons. The molecule has 2 N–H and O–H groups in total. The van der Waals surface area contributed by atoms with Crippen molar-refractivity contribution in [3.05, 3.63) is 24.3 Å². The minimum Gasteiger partial charge on any atom is -0.494 e. The van der Waals surface area contributed by atoms with Gasteiger partial charge in [0.05, 0.1) is 6.61 Å². The van der Waals surface area contributed by atoms with Gasteiger partial charge in [0, 0.05) is 30.9 Å². The second kappa shape index (κ2) is 8.81. The Bertz CT molecular complexity index is 328. The van der Waals surface area contributed by atoms with Crippen LogP contribution in [-0.2, 0) is 0 Å². The van der Waals surface area contributed by atoms with Crippen LogP contribution in [0.5, 0.6) is 5.75 Å². The number of benzene rings is 1. The van der Waals surface area contributed by atoms with E-state index in [1.54, 1.807) is 0 Å². The van der Waals surface area contributed by atoms with E-state index in [0.717, 1.165) is 37.6 Å². The van der Waals surface area contributed by atoms with Crippen LogP contribution < -0.4 is 15.4 Å². The molecule has 0 fully saturated rings. The molecule has 0 saturated heterocycles. The lowest BCUT2D eigenvalue weighted by Crippen LogP contribution is -2.30. The fourth-order valence-corrected chi connectivity index (χ4v) is 1.59. The van der Waals surface area contributed by atoms with Gasteiger partial charge in [-0.1, -0.05) is 19.9 Å². The molecule has 3 heteroatoms. The summed E-state index contributed by atoms with van der Waals surface area (Å²) in [6.07, 6.45) is 2.21. The van der Waals surface area contributed by atoms with Crippen molar-refractivity contribution in [2.45, 2.75) is 39.7 Å². The maximum absolute atomic E-state index is 5.60. The van der Waals surface area contributed by atoms with Crippen molar-refractivity contribution in [3.63, 3.8) is 0 Å². The number of anilines is 1. The van der Waals surface area contributed by atoms with Crippen LogP contribution in [0, 0.1) is 0 Å². The highest BCUT2D eigenvalue weighted by Gasteiger charge is 1.98. The van der Waals surface area contributed by atoms with Crippen molar-refractivity contribution in [2.75, 3.05) is 25.0 Å². The predicted octanol–water partition coefficient (Wildman–Crippen LogP) is 3.28. The van der Waals surface area contributed by atoms with Gasteiger partial charge in [0.15, 0.2) is 0 Å². The molecule has 0 aliphatic heterocycles. The van der Waals surface area contributed by atoms with Gasteiger partial charge < -0.3 is 15.4 Å². The number of hydrogen-bond donors (Lipinski definition) is 2. The highest BCUT2D eigenvalue weighted by Crippen LogP contribution is 2.17. The van der Waals surface area contributed by atoms with E-state index in [1.165, 1.54) is 6.42 Å². The Hall–Kier alpha value is -1.22. The van der Waals surface area contributed by atoms with Gasteiger partial charge in [0.2, 0.25) is 0 Å². The number of ether oxygens (including phenoxy) is 1. The third-order valence-corrected chi connectivity index (χ3v) is 2.87. The summed E-state index contributed by atoms with van der Waals surface area (Å²) in [5.41, 5.74) is 1.12. The predicted molar refractivity (Wildman–Crippen MR) is 78.5 cm³/mol. The molecule has 1 unspecified atom stereocenters. The average molecular weight is 250 g/mol. The highest BCUT2D eigenvalue weighted by molar-refractivity contribution is 5.48. The molecule has 0 aliphatic rings. The molecule has 0 bridgehead atoms. The molecular weight excluding hydrogens is 224 g/mol. The first kappa shape index (κ1) is 14.8. The first-order valence-corrected chi connectivity index (χ1v) is 6.96. The van der Waals surface area contributed by atoms with Crippen LogP contribution in [0.2, 0.25) is 0 Å². The Morgan fingerprint density at radius 3 is 2.78 bits per heavy atom. The summed E-state index contributed by atoms with van der Waals surface area (Å²) in [7, 11) is 0. The second-order valence-corrected chi connectivity index (χ2v) is 4.57. The molecule has 0 spiro atoms. The zero-order chi connectivity index (χ0) is 13.2. The number of rotatable bonds is 9. The summed E-state index contributed by atoms with van der Waals surface area (Å²) in [5.74, 6) is 0.941. The molecule has 1 rings (SSSR count). The molecule has 0 amide bonds. The first-order valence-electron chi connectivity index (χ1n) is 6.96. The normalized spacial score (nSPS) is 12.2. The molecule has 1 aromatic carbocycles. The molecule has 18 heavy (non-hydrogen) atoms. The molecule has 0 saturated carbocycles. The molecule has 0 radical (unpaired) electrons. The van der Waals surface area contributed by atoms with E-state index in [0.29, 0.717) is 6.04 Å². The quantitative estimate of drug-likeness (QED) is 0.660.